The van der Waals surface area contributed by atoms with E-state index in [0.717, 1.165) is 5.56 Å². The number of benzene rings is 1. The van der Waals surface area contributed by atoms with Crippen molar-refractivity contribution >= 4 is 23.7 Å². The minimum absolute atomic E-state index is 0.0839. The fraction of sp³-hybridized carbons (Fsp3) is 0.560. The molecule has 0 saturated heterocycles. The van der Waals surface area contributed by atoms with Crippen LogP contribution in [0, 0.1) is 11.8 Å². The van der Waals surface area contributed by atoms with E-state index in [1.807, 2.05) is 72.1 Å². The van der Waals surface area contributed by atoms with Gasteiger partial charge in [0, 0.05) is 14.1 Å². The van der Waals surface area contributed by atoms with Crippen LogP contribution < -0.4 is 27.0 Å². The molecule has 1 aromatic carbocycles. The molecule has 35 heavy (non-hydrogen) atoms. The Bertz CT molecular complexity index is 965. The molecular formula is C25H40N8O2. The Hall–Kier alpha value is -3.27. The van der Waals surface area contributed by atoms with Crippen LogP contribution in [0.25, 0.3) is 0 Å². The van der Waals surface area contributed by atoms with E-state index in [-0.39, 0.29) is 29.6 Å². The molecule has 10 heteroatoms. The summed E-state index contributed by atoms with van der Waals surface area (Å²) in [6, 6.07) is 7.56. The second-order valence-corrected chi connectivity index (χ2v) is 9.92. The smallest absolute Gasteiger partial charge is 0.243 e. The summed E-state index contributed by atoms with van der Waals surface area (Å²) in [5.41, 5.74) is 13.0. The van der Waals surface area contributed by atoms with Crippen molar-refractivity contribution in [2.75, 3.05) is 24.7 Å². The van der Waals surface area contributed by atoms with Crippen molar-refractivity contribution in [2.45, 2.75) is 65.1 Å². The van der Waals surface area contributed by atoms with Crippen molar-refractivity contribution < 1.29 is 9.59 Å². The number of hydrogen-bond acceptors (Lipinski definition) is 8. The van der Waals surface area contributed by atoms with Gasteiger partial charge in [0.1, 0.15) is 6.04 Å². The quantitative estimate of drug-likeness (QED) is 0.356. The predicted molar refractivity (Wildman–Crippen MR) is 138 cm³/mol. The van der Waals surface area contributed by atoms with Gasteiger partial charge >= 0.3 is 0 Å². The van der Waals surface area contributed by atoms with Gasteiger partial charge in [-0.1, -0.05) is 58.0 Å². The molecule has 0 fully saturated rings. The topological polar surface area (TPSA) is 152 Å². The van der Waals surface area contributed by atoms with E-state index in [1.165, 1.54) is 0 Å². The molecule has 3 unspecified atom stereocenters. The highest BCUT2D eigenvalue weighted by atomic mass is 16.2. The first kappa shape index (κ1) is 28.0. The minimum atomic E-state index is -0.766. The third-order valence-corrected chi connectivity index (χ3v) is 5.37. The molecule has 192 valence electrons. The van der Waals surface area contributed by atoms with Crippen LogP contribution in [0.4, 0.5) is 11.9 Å². The Morgan fingerprint density at radius 3 is 2.11 bits per heavy atom. The molecule has 0 aliphatic carbocycles. The summed E-state index contributed by atoms with van der Waals surface area (Å²) < 4.78 is 0. The first-order valence-corrected chi connectivity index (χ1v) is 12.0. The van der Waals surface area contributed by atoms with Crippen molar-refractivity contribution in [3.8, 4) is 0 Å². The molecule has 0 aliphatic rings. The van der Waals surface area contributed by atoms with Crippen molar-refractivity contribution in [3.05, 3.63) is 41.7 Å². The fourth-order valence-electron chi connectivity index (χ4n) is 3.67. The molecule has 10 nitrogen and oxygen atoms in total. The molecule has 1 aromatic heterocycles. The molecule has 3 atom stereocenters. The van der Waals surface area contributed by atoms with E-state index in [2.05, 4.69) is 25.6 Å². The number of nitrogens with two attached hydrogens (primary N) is 2. The summed E-state index contributed by atoms with van der Waals surface area (Å²) in [5, 5.41) is 5.89. The summed E-state index contributed by atoms with van der Waals surface area (Å²) in [5.74, 6) is 0.629. The van der Waals surface area contributed by atoms with Gasteiger partial charge in [0.15, 0.2) is 5.82 Å². The Morgan fingerprint density at radius 2 is 1.54 bits per heavy atom. The predicted octanol–water partition coefficient (Wildman–Crippen LogP) is 1.82. The van der Waals surface area contributed by atoms with Crippen molar-refractivity contribution in [2.24, 2.45) is 17.6 Å². The summed E-state index contributed by atoms with van der Waals surface area (Å²) in [7, 11) is 3.61. The maximum Gasteiger partial charge on any atom is 0.243 e. The lowest BCUT2D eigenvalue weighted by Gasteiger charge is -2.26. The second-order valence-electron chi connectivity index (χ2n) is 9.92. The van der Waals surface area contributed by atoms with Gasteiger partial charge in [-0.05, 0) is 36.7 Å². The van der Waals surface area contributed by atoms with Gasteiger partial charge in [0.25, 0.3) is 0 Å². The average molecular weight is 485 g/mol. The number of nitrogens with zero attached hydrogens (tertiary/aromatic N) is 4. The van der Waals surface area contributed by atoms with Gasteiger partial charge in [-0.3, -0.25) is 9.59 Å². The summed E-state index contributed by atoms with van der Waals surface area (Å²) in [6.07, 6.45) is 1.44. The SMILES string of the molecule is CC(C)CC(NC(=O)C(N)Cc1ccccc1)C(=O)NC(CC(C)C)c1nc(N)nc(N(C)C)n1. The number of anilines is 2. The number of amides is 2. The molecule has 0 radical (unpaired) electrons. The first-order valence-electron chi connectivity index (χ1n) is 12.0. The third-order valence-electron chi connectivity index (χ3n) is 5.37. The number of carbonyl (C=O) groups excluding carboxylic acids is 2. The van der Waals surface area contributed by atoms with Crippen LogP contribution in [0.1, 0.15) is 58.0 Å². The van der Waals surface area contributed by atoms with Gasteiger partial charge in [-0.15, -0.1) is 0 Å². The lowest BCUT2D eigenvalue weighted by molar-refractivity contribution is -0.130. The molecule has 2 rings (SSSR count). The fourth-order valence-corrected chi connectivity index (χ4v) is 3.67. The zero-order valence-corrected chi connectivity index (χ0v) is 21.7. The van der Waals surface area contributed by atoms with Gasteiger partial charge in [-0.2, -0.15) is 15.0 Å². The maximum atomic E-state index is 13.4. The average Bonchev–Trinajstić information content (AvgIpc) is 2.77. The van der Waals surface area contributed by atoms with E-state index in [4.69, 9.17) is 11.5 Å². The Balaban J connectivity index is 2.20. The van der Waals surface area contributed by atoms with Crippen molar-refractivity contribution in [1.82, 2.24) is 25.6 Å². The van der Waals surface area contributed by atoms with E-state index in [0.29, 0.717) is 31.0 Å². The molecule has 6 N–H and O–H groups in total. The Labute approximate surface area is 208 Å². The summed E-state index contributed by atoms with van der Waals surface area (Å²) in [6.45, 7) is 8.09. The van der Waals surface area contributed by atoms with Crippen molar-refractivity contribution in [3.63, 3.8) is 0 Å². The van der Waals surface area contributed by atoms with Gasteiger partial charge in [0.05, 0.1) is 12.1 Å². The summed E-state index contributed by atoms with van der Waals surface area (Å²) in [4.78, 5) is 40.9. The lowest BCUT2D eigenvalue weighted by atomic mass is 9.99. The molecule has 0 saturated carbocycles. The highest BCUT2D eigenvalue weighted by Gasteiger charge is 2.28. The van der Waals surface area contributed by atoms with Crippen LogP contribution in [0.3, 0.4) is 0 Å². The van der Waals surface area contributed by atoms with Gasteiger partial charge in [0.2, 0.25) is 23.7 Å². The molecule has 0 spiro atoms. The van der Waals surface area contributed by atoms with Crippen LogP contribution in [-0.2, 0) is 16.0 Å². The Kier molecular flexibility index (Phi) is 10.4. The summed E-state index contributed by atoms with van der Waals surface area (Å²) >= 11 is 0. The van der Waals surface area contributed by atoms with E-state index in [1.54, 1.807) is 4.90 Å². The highest BCUT2D eigenvalue weighted by molar-refractivity contribution is 5.90. The molecule has 1 heterocycles. The number of rotatable bonds is 12. The molecule has 0 bridgehead atoms. The molecule has 2 aromatic rings. The third kappa shape index (κ3) is 9.12. The number of nitrogen functional groups attached to an aromatic ring is 1. The van der Waals surface area contributed by atoms with E-state index >= 15 is 0 Å². The standard InChI is InChI=1S/C25H40N8O2/c1-15(2)12-19(21-30-24(27)32-25(31-21)33(5)6)28-23(35)20(13-16(3)4)29-22(34)18(26)14-17-10-8-7-9-11-17/h7-11,15-16,18-20H,12-14,26H2,1-6H3,(H,28,35)(H,29,34)(H2,27,30,31,32). The largest absolute Gasteiger partial charge is 0.368 e. The molecule has 0 aliphatic heterocycles. The van der Waals surface area contributed by atoms with Gasteiger partial charge in [-0.25, -0.2) is 0 Å². The minimum Gasteiger partial charge on any atom is -0.368 e. The normalized spacial score (nSPS) is 13.9. The number of aromatic nitrogens is 3. The van der Waals surface area contributed by atoms with Crippen LogP contribution >= 0.6 is 0 Å². The second kappa shape index (κ2) is 13.0. The lowest BCUT2D eigenvalue weighted by Crippen LogP contribution is -2.53. The highest BCUT2D eigenvalue weighted by Crippen LogP contribution is 2.21. The van der Waals surface area contributed by atoms with Crippen molar-refractivity contribution in [1.29, 1.82) is 0 Å². The molecular weight excluding hydrogens is 444 g/mol. The number of carbonyl (C=O) groups is 2. The molecule has 2 amide bonds. The number of hydrogen-bond donors (Lipinski definition) is 4. The zero-order valence-electron chi connectivity index (χ0n) is 21.7. The Morgan fingerprint density at radius 1 is 0.914 bits per heavy atom. The van der Waals surface area contributed by atoms with Crippen LogP contribution in [0.2, 0.25) is 0 Å². The van der Waals surface area contributed by atoms with Crippen LogP contribution in [0.5, 0.6) is 0 Å². The van der Waals surface area contributed by atoms with Gasteiger partial charge < -0.3 is 27.0 Å². The van der Waals surface area contributed by atoms with Crippen LogP contribution in [-0.4, -0.2) is 52.9 Å². The number of nitrogens with one attached hydrogen (secondary N) is 2. The van der Waals surface area contributed by atoms with E-state index < -0.39 is 18.1 Å². The van der Waals surface area contributed by atoms with E-state index in [9.17, 15) is 9.59 Å². The maximum absolute atomic E-state index is 13.4. The van der Waals surface area contributed by atoms with Crippen LogP contribution in [0.15, 0.2) is 30.3 Å². The first-order chi connectivity index (χ1) is 16.5. The monoisotopic (exact) mass is 484 g/mol. The zero-order chi connectivity index (χ0) is 26.1.